The molecule has 0 amide bonds. The van der Waals surface area contributed by atoms with Gasteiger partial charge in [-0.1, -0.05) is 77.1 Å². The van der Waals surface area contributed by atoms with Gasteiger partial charge in [-0.15, -0.1) is 0 Å². The van der Waals surface area contributed by atoms with Gasteiger partial charge in [-0.2, -0.15) is 0 Å². The second-order valence-corrected chi connectivity index (χ2v) is 5.93. The van der Waals surface area contributed by atoms with Crippen molar-refractivity contribution in [3.05, 3.63) is 70.3 Å². The van der Waals surface area contributed by atoms with Gasteiger partial charge in [0.2, 0.25) is 0 Å². The average Bonchev–Trinajstić information content (AvgIpc) is 2.69. The Hall–Kier alpha value is -1.93. The second-order valence-electron chi connectivity index (χ2n) is 5.93. The van der Waals surface area contributed by atoms with Crippen molar-refractivity contribution in [3.63, 3.8) is 0 Å². The predicted molar refractivity (Wildman–Crippen MR) is 115 cm³/mol. The number of ketones is 1. The molecule has 0 spiro atoms. The van der Waals surface area contributed by atoms with Crippen molar-refractivity contribution in [3.8, 4) is 0 Å². The van der Waals surface area contributed by atoms with E-state index < -0.39 is 0 Å². The number of hydrogen-bond acceptors (Lipinski definition) is 2. The summed E-state index contributed by atoms with van der Waals surface area (Å²) in [6.45, 7) is 14.2. The highest BCUT2D eigenvalue weighted by atomic mass is 16.1. The van der Waals surface area contributed by atoms with E-state index in [-0.39, 0.29) is 11.8 Å². The Bertz CT molecular complexity index is 661. The first-order valence-electron chi connectivity index (χ1n) is 9.96. The molecular weight excluding hydrogens is 318 g/mol. The molecule has 0 aliphatic carbocycles. The van der Waals surface area contributed by atoms with E-state index in [1.54, 1.807) is 0 Å². The zero-order chi connectivity index (χ0) is 20.1. The Morgan fingerprint density at radius 2 is 1.58 bits per heavy atom. The minimum absolute atomic E-state index is 0.0844. The van der Waals surface area contributed by atoms with Crippen LogP contribution in [-0.4, -0.2) is 5.78 Å². The van der Waals surface area contributed by atoms with Crippen LogP contribution in [-0.2, 0) is 6.42 Å². The maximum atomic E-state index is 12.3. The van der Waals surface area contributed by atoms with Gasteiger partial charge in [0.25, 0.3) is 0 Å². The molecule has 1 atom stereocenters. The molecule has 0 aliphatic heterocycles. The van der Waals surface area contributed by atoms with Gasteiger partial charge in [0.1, 0.15) is 0 Å². The summed E-state index contributed by atoms with van der Waals surface area (Å²) in [6, 6.07) is 14.1. The van der Waals surface area contributed by atoms with Gasteiger partial charge in [0.05, 0.1) is 0 Å². The molecule has 0 saturated carbocycles. The molecule has 0 fully saturated rings. The predicted octanol–water partition coefficient (Wildman–Crippen LogP) is 6.58. The van der Waals surface area contributed by atoms with Gasteiger partial charge in [0.15, 0.2) is 5.78 Å². The Morgan fingerprint density at radius 3 is 2.12 bits per heavy atom. The first-order valence-corrected chi connectivity index (χ1v) is 9.96. The Balaban J connectivity index is 0.00000146. The Labute approximate surface area is 160 Å². The summed E-state index contributed by atoms with van der Waals surface area (Å²) in [5.74, 6) is 0.177. The maximum absolute atomic E-state index is 12.3. The van der Waals surface area contributed by atoms with Crippen LogP contribution in [0.1, 0.15) is 86.1 Å². The van der Waals surface area contributed by atoms with Gasteiger partial charge in [-0.3, -0.25) is 4.79 Å². The van der Waals surface area contributed by atoms with E-state index in [0.29, 0.717) is 12.8 Å². The van der Waals surface area contributed by atoms with Gasteiger partial charge in [0, 0.05) is 18.0 Å². The third-order valence-electron chi connectivity index (χ3n) is 4.27. The van der Waals surface area contributed by atoms with Gasteiger partial charge >= 0.3 is 0 Å². The quantitative estimate of drug-likeness (QED) is 0.595. The molecule has 144 valence electrons. The normalized spacial score (nSPS) is 10.8. The molecule has 2 aromatic rings. The number of hydrogen-bond donors (Lipinski definition) is 1. The standard InChI is InChI=1S/C20H25NO.2C2H6/c1-4-16-9-10-17(15(3)13-16)19(21)11-12-20(22)18-8-6-5-7-14(18)2;2*1-2/h5-10,13,19H,4,11-12,21H2,1-3H3;2*1-2H3. The summed E-state index contributed by atoms with van der Waals surface area (Å²) in [5, 5.41) is 0. The molecule has 0 heterocycles. The summed E-state index contributed by atoms with van der Waals surface area (Å²) in [4.78, 5) is 12.3. The summed E-state index contributed by atoms with van der Waals surface area (Å²) in [7, 11) is 0. The van der Waals surface area contributed by atoms with Crippen molar-refractivity contribution in [1.82, 2.24) is 0 Å². The fourth-order valence-electron chi connectivity index (χ4n) is 2.84. The van der Waals surface area contributed by atoms with Crippen molar-refractivity contribution in [2.75, 3.05) is 0 Å². The summed E-state index contributed by atoms with van der Waals surface area (Å²) in [5.41, 5.74) is 11.8. The van der Waals surface area contributed by atoms with Crippen LogP contribution < -0.4 is 5.73 Å². The molecule has 1 unspecified atom stereocenters. The highest BCUT2D eigenvalue weighted by Crippen LogP contribution is 2.22. The van der Waals surface area contributed by atoms with Crippen LogP contribution in [0.4, 0.5) is 0 Å². The van der Waals surface area contributed by atoms with E-state index in [1.165, 1.54) is 11.1 Å². The van der Waals surface area contributed by atoms with Crippen LogP contribution in [0.5, 0.6) is 0 Å². The fraction of sp³-hybridized carbons (Fsp3) is 0.458. The number of rotatable bonds is 6. The smallest absolute Gasteiger partial charge is 0.163 e. The monoisotopic (exact) mass is 355 g/mol. The largest absolute Gasteiger partial charge is 0.324 e. The third-order valence-corrected chi connectivity index (χ3v) is 4.27. The molecule has 0 radical (unpaired) electrons. The molecule has 0 bridgehead atoms. The summed E-state index contributed by atoms with van der Waals surface area (Å²) < 4.78 is 0. The Kier molecular flexibility index (Phi) is 12.3. The average molecular weight is 356 g/mol. The lowest BCUT2D eigenvalue weighted by molar-refractivity contribution is 0.0977. The maximum Gasteiger partial charge on any atom is 0.163 e. The molecule has 0 aromatic heterocycles. The summed E-state index contributed by atoms with van der Waals surface area (Å²) in [6.07, 6.45) is 2.20. The number of carbonyl (C=O) groups excluding carboxylic acids is 1. The lowest BCUT2D eigenvalue weighted by atomic mass is 9.93. The van der Waals surface area contributed by atoms with Crippen LogP contribution in [0.25, 0.3) is 0 Å². The molecule has 2 rings (SSSR count). The summed E-state index contributed by atoms with van der Waals surface area (Å²) >= 11 is 0. The van der Waals surface area contributed by atoms with Crippen LogP contribution in [0.3, 0.4) is 0 Å². The number of benzene rings is 2. The van der Waals surface area contributed by atoms with Gasteiger partial charge < -0.3 is 5.73 Å². The van der Waals surface area contributed by atoms with Crippen molar-refractivity contribution in [2.24, 2.45) is 5.73 Å². The topological polar surface area (TPSA) is 43.1 Å². The Morgan fingerprint density at radius 1 is 0.962 bits per heavy atom. The molecule has 0 saturated heterocycles. The minimum Gasteiger partial charge on any atom is -0.324 e. The number of aryl methyl sites for hydroxylation is 3. The van der Waals surface area contributed by atoms with Crippen molar-refractivity contribution in [2.45, 2.75) is 73.8 Å². The van der Waals surface area contributed by atoms with Crippen LogP contribution in [0.2, 0.25) is 0 Å². The molecule has 2 nitrogen and oxygen atoms in total. The van der Waals surface area contributed by atoms with Crippen LogP contribution in [0.15, 0.2) is 42.5 Å². The molecular formula is C24H37NO. The van der Waals surface area contributed by atoms with Crippen molar-refractivity contribution < 1.29 is 4.79 Å². The van der Waals surface area contributed by atoms with Crippen molar-refractivity contribution >= 4 is 5.78 Å². The third kappa shape index (κ3) is 7.13. The number of Topliss-reactive ketones (excluding diaryl/α,β-unsaturated/α-hetero) is 1. The van der Waals surface area contributed by atoms with E-state index in [4.69, 9.17) is 5.73 Å². The first kappa shape index (κ1) is 24.1. The lowest BCUT2D eigenvalue weighted by Gasteiger charge is -2.15. The molecule has 2 aromatic carbocycles. The van der Waals surface area contributed by atoms with Crippen LogP contribution >= 0.6 is 0 Å². The van der Waals surface area contributed by atoms with Gasteiger partial charge in [-0.25, -0.2) is 0 Å². The van der Waals surface area contributed by atoms with E-state index in [1.807, 2.05) is 58.9 Å². The molecule has 2 heteroatoms. The number of nitrogens with two attached hydrogens (primary N) is 1. The van der Waals surface area contributed by atoms with E-state index in [0.717, 1.165) is 23.1 Å². The highest BCUT2D eigenvalue weighted by molar-refractivity contribution is 5.97. The van der Waals surface area contributed by atoms with E-state index >= 15 is 0 Å². The zero-order valence-electron chi connectivity index (χ0n) is 17.7. The van der Waals surface area contributed by atoms with E-state index in [2.05, 4.69) is 32.0 Å². The highest BCUT2D eigenvalue weighted by Gasteiger charge is 2.14. The SMILES string of the molecule is CC.CC.CCc1ccc(C(N)CCC(=O)c2ccccc2C)c(C)c1. The fourth-order valence-corrected chi connectivity index (χ4v) is 2.84. The minimum atomic E-state index is -0.0844. The molecule has 2 N–H and O–H groups in total. The molecule has 26 heavy (non-hydrogen) atoms. The van der Waals surface area contributed by atoms with Crippen molar-refractivity contribution in [1.29, 1.82) is 0 Å². The lowest BCUT2D eigenvalue weighted by Crippen LogP contribution is -2.14. The molecule has 0 aliphatic rings. The van der Waals surface area contributed by atoms with Crippen LogP contribution in [0, 0.1) is 13.8 Å². The second kappa shape index (κ2) is 13.3. The first-order chi connectivity index (χ1) is 12.5. The van der Waals surface area contributed by atoms with E-state index in [9.17, 15) is 4.79 Å². The number of carbonyl (C=O) groups is 1. The van der Waals surface area contributed by atoms with Gasteiger partial charge in [-0.05, 0) is 48.9 Å². The zero-order valence-corrected chi connectivity index (χ0v) is 17.7.